The smallest absolute Gasteiger partial charge is 0.244 e. The molecule has 2 aromatic heterocycles. The van der Waals surface area contributed by atoms with E-state index in [2.05, 4.69) is 33.8 Å². The fourth-order valence-electron chi connectivity index (χ4n) is 2.56. The van der Waals surface area contributed by atoms with Crippen molar-refractivity contribution in [2.45, 2.75) is 58.6 Å². The lowest BCUT2D eigenvalue weighted by Gasteiger charge is -2.14. The summed E-state index contributed by atoms with van der Waals surface area (Å²) in [6, 6.07) is -0.311. The Bertz CT molecular complexity index is 749. The molecule has 0 saturated carbocycles. The first-order valence-corrected chi connectivity index (χ1v) is 9.07. The van der Waals surface area contributed by atoms with Gasteiger partial charge in [0, 0.05) is 12.6 Å². The number of aromatic nitrogens is 5. The number of hydrogen-bond donors (Lipinski definition) is 1. The van der Waals surface area contributed by atoms with E-state index in [1.807, 2.05) is 0 Å². The molecule has 9 heteroatoms. The molecule has 1 N–H and O–H groups in total. The first-order valence-electron chi connectivity index (χ1n) is 7.59. The molecule has 0 amide bonds. The zero-order valence-electron chi connectivity index (χ0n) is 14.2. The highest BCUT2D eigenvalue weighted by Gasteiger charge is 2.26. The molecule has 2 heterocycles. The van der Waals surface area contributed by atoms with Crippen LogP contribution in [-0.2, 0) is 23.1 Å². The predicted octanol–water partition coefficient (Wildman–Crippen LogP) is 1.11. The van der Waals surface area contributed by atoms with Gasteiger partial charge < -0.3 is 0 Å². The van der Waals surface area contributed by atoms with Crippen molar-refractivity contribution in [1.82, 2.24) is 29.3 Å². The summed E-state index contributed by atoms with van der Waals surface area (Å²) in [4.78, 5) is 4.12. The Labute approximate surface area is 137 Å². The average Bonchev–Trinajstić information content (AvgIpc) is 2.97. The maximum Gasteiger partial charge on any atom is 0.244 e. The van der Waals surface area contributed by atoms with Gasteiger partial charge in [-0.15, -0.1) is 0 Å². The number of nitrogens with one attached hydrogen (secondary N) is 1. The zero-order chi connectivity index (χ0) is 17.2. The standard InChI is InChI=1S/C14H24N6O2S/c1-10(2)6-20-13(5)14(12(4)17-20)23(21,22)18-11(3)7-19-9-15-8-16-19/h8-11,18H,6-7H2,1-5H3. The number of sulfonamides is 1. The van der Waals surface area contributed by atoms with E-state index in [1.54, 1.807) is 36.5 Å². The van der Waals surface area contributed by atoms with Crippen molar-refractivity contribution in [3.05, 3.63) is 24.0 Å². The molecule has 0 spiro atoms. The van der Waals surface area contributed by atoms with Crippen LogP contribution in [0.4, 0.5) is 0 Å². The van der Waals surface area contributed by atoms with Gasteiger partial charge in [-0.1, -0.05) is 13.8 Å². The van der Waals surface area contributed by atoms with Gasteiger partial charge >= 0.3 is 0 Å². The maximum absolute atomic E-state index is 12.7. The molecule has 0 saturated heterocycles. The molecule has 0 aromatic carbocycles. The van der Waals surface area contributed by atoms with E-state index < -0.39 is 10.0 Å². The molecule has 8 nitrogen and oxygen atoms in total. The van der Waals surface area contributed by atoms with Crippen molar-refractivity contribution in [2.75, 3.05) is 0 Å². The molecule has 2 aromatic rings. The minimum Gasteiger partial charge on any atom is -0.268 e. The number of hydrogen-bond acceptors (Lipinski definition) is 5. The lowest BCUT2D eigenvalue weighted by atomic mass is 10.2. The highest BCUT2D eigenvalue weighted by Crippen LogP contribution is 2.20. The van der Waals surface area contributed by atoms with E-state index in [4.69, 9.17) is 0 Å². The Kier molecular flexibility index (Phi) is 5.20. The van der Waals surface area contributed by atoms with Gasteiger partial charge in [0.15, 0.2) is 0 Å². The second-order valence-electron chi connectivity index (χ2n) is 6.22. The molecule has 0 aliphatic carbocycles. The molecule has 0 radical (unpaired) electrons. The first kappa shape index (κ1) is 17.6. The van der Waals surface area contributed by atoms with Gasteiger partial charge in [0.25, 0.3) is 0 Å². The Morgan fingerprint density at radius 1 is 1.22 bits per heavy atom. The van der Waals surface area contributed by atoms with Crippen LogP contribution in [-0.4, -0.2) is 39.0 Å². The molecule has 0 aliphatic heterocycles. The van der Waals surface area contributed by atoms with E-state index >= 15 is 0 Å². The van der Waals surface area contributed by atoms with Crippen molar-refractivity contribution in [2.24, 2.45) is 5.92 Å². The summed E-state index contributed by atoms with van der Waals surface area (Å²) in [6.45, 7) is 10.6. The lowest BCUT2D eigenvalue weighted by molar-refractivity contribution is 0.471. The average molecular weight is 340 g/mol. The fourth-order valence-corrected chi connectivity index (χ4v) is 4.21. The normalized spacial score (nSPS) is 13.7. The Balaban J connectivity index is 2.20. The summed E-state index contributed by atoms with van der Waals surface area (Å²) in [5.41, 5.74) is 1.18. The van der Waals surface area contributed by atoms with Crippen molar-refractivity contribution in [3.8, 4) is 0 Å². The van der Waals surface area contributed by atoms with Crippen LogP contribution in [0.5, 0.6) is 0 Å². The van der Waals surface area contributed by atoms with Gasteiger partial charge in [-0.2, -0.15) is 10.2 Å². The van der Waals surface area contributed by atoms with Crippen molar-refractivity contribution in [1.29, 1.82) is 0 Å². The molecule has 1 atom stereocenters. The maximum atomic E-state index is 12.7. The molecule has 128 valence electrons. The largest absolute Gasteiger partial charge is 0.268 e. The minimum atomic E-state index is -3.63. The van der Waals surface area contributed by atoms with E-state index in [0.29, 0.717) is 30.4 Å². The number of nitrogens with zero attached hydrogens (tertiary/aromatic N) is 5. The first-order chi connectivity index (χ1) is 10.7. The van der Waals surface area contributed by atoms with Crippen LogP contribution in [0.3, 0.4) is 0 Å². The van der Waals surface area contributed by atoms with Gasteiger partial charge in [0.1, 0.15) is 17.6 Å². The lowest BCUT2D eigenvalue weighted by Crippen LogP contribution is -2.36. The van der Waals surface area contributed by atoms with Gasteiger partial charge in [-0.25, -0.2) is 18.1 Å². The molecule has 2 rings (SSSR count). The summed E-state index contributed by atoms with van der Waals surface area (Å²) >= 11 is 0. The van der Waals surface area contributed by atoms with E-state index in [9.17, 15) is 8.42 Å². The third-order valence-electron chi connectivity index (χ3n) is 3.41. The molecule has 23 heavy (non-hydrogen) atoms. The van der Waals surface area contributed by atoms with Crippen LogP contribution in [0, 0.1) is 19.8 Å². The monoisotopic (exact) mass is 340 g/mol. The summed E-state index contributed by atoms with van der Waals surface area (Å²) in [7, 11) is -3.63. The second-order valence-corrected chi connectivity index (χ2v) is 7.87. The Morgan fingerprint density at radius 3 is 2.48 bits per heavy atom. The van der Waals surface area contributed by atoms with Gasteiger partial charge in [-0.3, -0.25) is 9.36 Å². The van der Waals surface area contributed by atoms with E-state index in [1.165, 1.54) is 6.33 Å². The summed E-state index contributed by atoms with van der Waals surface area (Å²) in [6.07, 6.45) is 2.98. The van der Waals surface area contributed by atoms with Crippen LogP contribution in [0.2, 0.25) is 0 Å². The third-order valence-corrected chi connectivity index (χ3v) is 5.25. The van der Waals surface area contributed by atoms with Crippen molar-refractivity contribution >= 4 is 10.0 Å². The summed E-state index contributed by atoms with van der Waals surface area (Å²) < 4.78 is 31.4. The SMILES string of the molecule is Cc1nn(CC(C)C)c(C)c1S(=O)(=O)NC(C)Cn1cncn1. The third kappa shape index (κ3) is 4.17. The minimum absolute atomic E-state index is 0.267. The topological polar surface area (TPSA) is 94.7 Å². The Hall–Kier alpha value is -1.74. The fraction of sp³-hybridized carbons (Fsp3) is 0.643. The van der Waals surface area contributed by atoms with E-state index in [0.717, 1.165) is 0 Å². The van der Waals surface area contributed by atoms with Crippen LogP contribution < -0.4 is 4.72 Å². The molecule has 1 unspecified atom stereocenters. The van der Waals surface area contributed by atoms with Gasteiger partial charge in [-0.05, 0) is 26.7 Å². The molecule has 0 aliphatic rings. The highest BCUT2D eigenvalue weighted by molar-refractivity contribution is 7.89. The van der Waals surface area contributed by atoms with Crippen LogP contribution in [0.25, 0.3) is 0 Å². The van der Waals surface area contributed by atoms with Crippen LogP contribution in [0.15, 0.2) is 17.6 Å². The zero-order valence-corrected chi connectivity index (χ0v) is 15.0. The summed E-state index contributed by atoms with van der Waals surface area (Å²) in [5.74, 6) is 0.391. The second kappa shape index (κ2) is 6.79. The number of rotatable bonds is 7. The van der Waals surface area contributed by atoms with Crippen molar-refractivity contribution in [3.63, 3.8) is 0 Å². The molecular weight excluding hydrogens is 316 g/mol. The highest BCUT2D eigenvalue weighted by atomic mass is 32.2. The predicted molar refractivity (Wildman–Crippen MR) is 86.3 cm³/mol. The number of aryl methyl sites for hydroxylation is 1. The van der Waals surface area contributed by atoms with Crippen molar-refractivity contribution < 1.29 is 8.42 Å². The molecule has 0 fully saturated rings. The summed E-state index contributed by atoms with van der Waals surface area (Å²) in [5, 5.41) is 8.35. The Morgan fingerprint density at radius 2 is 1.91 bits per heavy atom. The van der Waals surface area contributed by atoms with E-state index in [-0.39, 0.29) is 10.9 Å². The quantitative estimate of drug-likeness (QED) is 0.815. The van der Waals surface area contributed by atoms with Crippen LogP contribution >= 0.6 is 0 Å². The van der Waals surface area contributed by atoms with Gasteiger partial charge in [0.2, 0.25) is 10.0 Å². The van der Waals surface area contributed by atoms with Gasteiger partial charge in [0.05, 0.1) is 17.9 Å². The molecule has 0 bridgehead atoms. The molecular formula is C14H24N6O2S. The van der Waals surface area contributed by atoms with Crippen LogP contribution in [0.1, 0.15) is 32.2 Å².